The molecule has 168 valence electrons. The van der Waals surface area contributed by atoms with Crippen LogP contribution in [0.5, 0.6) is 5.75 Å². The lowest BCUT2D eigenvalue weighted by Crippen LogP contribution is -2.32. The summed E-state index contributed by atoms with van der Waals surface area (Å²) in [6, 6.07) is 8.44. The van der Waals surface area contributed by atoms with Crippen molar-refractivity contribution < 1.29 is 24.7 Å². The van der Waals surface area contributed by atoms with Gasteiger partial charge in [-0.25, -0.2) is 0 Å². The Hall–Kier alpha value is -3.43. The van der Waals surface area contributed by atoms with E-state index in [2.05, 4.69) is 0 Å². The molecule has 1 aliphatic heterocycles. The van der Waals surface area contributed by atoms with Gasteiger partial charge in [0.1, 0.15) is 11.5 Å². The quantitative estimate of drug-likeness (QED) is 0.214. The number of phenolic OH excluding ortho intramolecular Hbond substituents is 1. The Balaban J connectivity index is 2.18. The van der Waals surface area contributed by atoms with Crippen LogP contribution in [0.1, 0.15) is 23.6 Å². The molecule has 0 spiro atoms. The molecule has 1 fully saturated rings. The summed E-state index contributed by atoms with van der Waals surface area (Å²) < 4.78 is 0. The predicted octanol–water partition coefficient (Wildman–Crippen LogP) is 3.33. The van der Waals surface area contributed by atoms with Crippen molar-refractivity contribution in [2.75, 3.05) is 27.2 Å². The number of carbonyl (C=O) groups excluding carboxylic acids is 2. The smallest absolute Gasteiger partial charge is 0.295 e. The second-order valence-corrected chi connectivity index (χ2v) is 8.10. The van der Waals surface area contributed by atoms with Crippen molar-refractivity contribution in [1.82, 2.24) is 9.80 Å². The van der Waals surface area contributed by atoms with Crippen molar-refractivity contribution in [2.45, 2.75) is 12.5 Å². The molecular formula is C22H22ClN3O6. The van der Waals surface area contributed by atoms with Crippen molar-refractivity contribution in [3.05, 3.63) is 74.3 Å². The lowest BCUT2D eigenvalue weighted by Gasteiger charge is -2.26. The molecule has 2 N–H and O–H groups in total. The zero-order valence-corrected chi connectivity index (χ0v) is 18.2. The number of carbonyl (C=O) groups is 2. The maximum Gasteiger partial charge on any atom is 0.295 e. The lowest BCUT2D eigenvalue weighted by molar-refractivity contribution is -0.384. The van der Waals surface area contributed by atoms with Crippen LogP contribution < -0.4 is 0 Å². The molecule has 0 bridgehead atoms. The first-order valence-corrected chi connectivity index (χ1v) is 10.2. The Morgan fingerprint density at radius 1 is 1.22 bits per heavy atom. The molecule has 1 heterocycles. The van der Waals surface area contributed by atoms with Crippen LogP contribution >= 0.6 is 11.6 Å². The number of aliphatic hydroxyl groups excluding tert-OH is 1. The fourth-order valence-corrected chi connectivity index (χ4v) is 3.84. The van der Waals surface area contributed by atoms with Gasteiger partial charge in [0.2, 0.25) is 0 Å². The first-order chi connectivity index (χ1) is 15.1. The minimum atomic E-state index is -1.06. The zero-order chi connectivity index (χ0) is 23.6. The second kappa shape index (κ2) is 9.37. The molecule has 9 nitrogen and oxygen atoms in total. The molecule has 0 radical (unpaired) electrons. The monoisotopic (exact) mass is 459 g/mol. The molecule has 1 saturated heterocycles. The average Bonchev–Trinajstić information content (AvgIpc) is 2.99. The number of nitrogens with zero attached hydrogens (tertiary/aromatic N) is 3. The van der Waals surface area contributed by atoms with E-state index in [9.17, 15) is 29.9 Å². The fraction of sp³-hybridized carbons (Fsp3) is 0.273. The highest BCUT2D eigenvalue weighted by molar-refractivity contribution is 6.46. The Labute approximate surface area is 189 Å². The molecule has 10 heteroatoms. The van der Waals surface area contributed by atoms with Crippen molar-refractivity contribution in [2.24, 2.45) is 0 Å². The first kappa shape index (κ1) is 23.2. The first-order valence-electron chi connectivity index (χ1n) is 9.78. The van der Waals surface area contributed by atoms with Gasteiger partial charge in [-0.2, -0.15) is 0 Å². The number of benzene rings is 2. The van der Waals surface area contributed by atoms with E-state index < -0.39 is 28.4 Å². The summed E-state index contributed by atoms with van der Waals surface area (Å²) in [6.07, 6.45) is 0.536. The summed E-state index contributed by atoms with van der Waals surface area (Å²) in [6.45, 7) is 0.828. The number of phenols is 1. The molecule has 1 unspecified atom stereocenters. The van der Waals surface area contributed by atoms with Gasteiger partial charge in [-0.05, 0) is 50.8 Å². The molecule has 2 aromatic carbocycles. The number of aliphatic hydroxyl groups is 1. The minimum Gasteiger partial charge on any atom is -0.507 e. The number of likely N-dealkylation sites (tertiary alicyclic amines) is 1. The van der Waals surface area contributed by atoms with Gasteiger partial charge in [-0.3, -0.25) is 19.7 Å². The average molecular weight is 460 g/mol. The Morgan fingerprint density at radius 2 is 1.94 bits per heavy atom. The van der Waals surface area contributed by atoms with Crippen LogP contribution in [0.25, 0.3) is 5.76 Å². The number of aromatic hydroxyl groups is 1. The van der Waals surface area contributed by atoms with E-state index in [1.165, 1.54) is 41.3 Å². The topological polar surface area (TPSA) is 124 Å². The van der Waals surface area contributed by atoms with Crippen molar-refractivity contribution in [1.29, 1.82) is 0 Å². The van der Waals surface area contributed by atoms with Crippen LogP contribution in [0.2, 0.25) is 5.02 Å². The standard InChI is InChI=1S/C22H22ClN3O6/c1-24(2)9-4-10-25-19(13-5-3-6-15(11-13)26(31)32)18(21(29)22(25)30)20(28)16-12-14(23)7-8-17(16)27/h3,5-8,11-12,19,27-28H,4,9-10H2,1-2H3/b20-18-. The molecule has 32 heavy (non-hydrogen) atoms. The summed E-state index contributed by atoms with van der Waals surface area (Å²) in [4.78, 5) is 39.8. The van der Waals surface area contributed by atoms with E-state index in [1.54, 1.807) is 6.07 Å². The Bertz CT molecular complexity index is 1110. The highest BCUT2D eigenvalue weighted by Gasteiger charge is 2.46. The van der Waals surface area contributed by atoms with Crippen molar-refractivity contribution in [3.63, 3.8) is 0 Å². The van der Waals surface area contributed by atoms with Crippen molar-refractivity contribution in [3.8, 4) is 5.75 Å². The van der Waals surface area contributed by atoms with Gasteiger partial charge in [0.25, 0.3) is 17.4 Å². The molecule has 1 atom stereocenters. The predicted molar refractivity (Wildman–Crippen MR) is 118 cm³/mol. The second-order valence-electron chi connectivity index (χ2n) is 7.66. The molecular weight excluding hydrogens is 438 g/mol. The van der Waals surface area contributed by atoms with E-state index >= 15 is 0 Å². The van der Waals surface area contributed by atoms with E-state index in [0.29, 0.717) is 18.5 Å². The van der Waals surface area contributed by atoms with Gasteiger partial charge in [0, 0.05) is 23.7 Å². The highest BCUT2D eigenvalue weighted by Crippen LogP contribution is 2.41. The van der Waals surface area contributed by atoms with Gasteiger partial charge in [-0.15, -0.1) is 0 Å². The summed E-state index contributed by atoms with van der Waals surface area (Å²) in [5.74, 6) is -2.70. The Kier molecular flexibility index (Phi) is 6.81. The zero-order valence-electron chi connectivity index (χ0n) is 17.5. The summed E-state index contributed by atoms with van der Waals surface area (Å²) >= 11 is 5.98. The van der Waals surface area contributed by atoms with Crippen LogP contribution in [0.15, 0.2) is 48.0 Å². The van der Waals surface area contributed by atoms with Gasteiger partial charge in [0.15, 0.2) is 0 Å². The van der Waals surface area contributed by atoms with Gasteiger partial charge >= 0.3 is 0 Å². The molecule has 0 aliphatic carbocycles. The van der Waals surface area contributed by atoms with Crippen LogP contribution in [0.3, 0.4) is 0 Å². The summed E-state index contributed by atoms with van der Waals surface area (Å²) in [5.41, 5.74) is -0.296. The van der Waals surface area contributed by atoms with Crippen LogP contribution in [0, 0.1) is 10.1 Å². The number of hydrogen-bond acceptors (Lipinski definition) is 7. The van der Waals surface area contributed by atoms with Gasteiger partial charge in [-0.1, -0.05) is 23.7 Å². The van der Waals surface area contributed by atoms with E-state index in [0.717, 1.165) is 0 Å². The number of rotatable bonds is 7. The number of nitro benzene ring substituents is 1. The summed E-state index contributed by atoms with van der Waals surface area (Å²) in [5, 5.41) is 32.7. The van der Waals surface area contributed by atoms with E-state index in [1.807, 2.05) is 19.0 Å². The molecule has 1 amide bonds. The maximum atomic E-state index is 13.0. The van der Waals surface area contributed by atoms with Crippen LogP contribution in [-0.2, 0) is 9.59 Å². The third kappa shape index (κ3) is 4.58. The number of amides is 1. The van der Waals surface area contributed by atoms with E-state index in [-0.39, 0.29) is 34.1 Å². The molecule has 0 aromatic heterocycles. The number of ketones is 1. The van der Waals surface area contributed by atoms with Crippen LogP contribution in [-0.4, -0.2) is 63.8 Å². The summed E-state index contributed by atoms with van der Waals surface area (Å²) in [7, 11) is 3.74. The third-order valence-electron chi connectivity index (χ3n) is 5.15. The largest absolute Gasteiger partial charge is 0.507 e. The lowest BCUT2D eigenvalue weighted by atomic mass is 9.94. The number of halogens is 1. The minimum absolute atomic E-state index is 0.112. The maximum absolute atomic E-state index is 13.0. The molecule has 2 aromatic rings. The number of Topliss-reactive ketones (excluding diaryl/α,β-unsaturated/α-hetero) is 1. The van der Waals surface area contributed by atoms with Crippen molar-refractivity contribution >= 4 is 34.7 Å². The van der Waals surface area contributed by atoms with Gasteiger partial charge < -0.3 is 20.0 Å². The van der Waals surface area contributed by atoms with Crippen LogP contribution in [0.4, 0.5) is 5.69 Å². The number of hydrogen-bond donors (Lipinski definition) is 2. The molecule has 1 aliphatic rings. The SMILES string of the molecule is CN(C)CCCN1C(=O)C(=O)/C(=C(\O)c2cc(Cl)ccc2O)C1c1cccc([N+](=O)[O-])c1. The fourth-order valence-electron chi connectivity index (χ4n) is 3.67. The number of nitro groups is 1. The number of non-ortho nitro benzene ring substituents is 1. The molecule has 0 saturated carbocycles. The Morgan fingerprint density at radius 3 is 2.59 bits per heavy atom. The molecule has 3 rings (SSSR count). The highest BCUT2D eigenvalue weighted by atomic mass is 35.5. The third-order valence-corrected chi connectivity index (χ3v) is 5.39. The van der Waals surface area contributed by atoms with Gasteiger partial charge in [0.05, 0.1) is 22.1 Å². The normalized spacial score (nSPS) is 17.9. The van der Waals surface area contributed by atoms with E-state index in [4.69, 9.17) is 11.6 Å².